The molecule has 10 heteroatoms. The molecule has 0 heterocycles. The van der Waals surface area contributed by atoms with Crippen LogP contribution in [0.4, 0.5) is 11.4 Å². The average molecular weight is 440 g/mol. The van der Waals surface area contributed by atoms with Gasteiger partial charge in [-0.15, -0.1) is 0 Å². The van der Waals surface area contributed by atoms with Crippen LogP contribution in [0.5, 0.6) is 0 Å². The van der Waals surface area contributed by atoms with Crippen molar-refractivity contribution in [3.63, 3.8) is 0 Å². The van der Waals surface area contributed by atoms with E-state index < -0.39 is 28.5 Å². The number of esters is 1. The van der Waals surface area contributed by atoms with Crippen molar-refractivity contribution in [2.75, 3.05) is 30.7 Å². The van der Waals surface area contributed by atoms with Crippen LogP contribution in [0.3, 0.4) is 0 Å². The molecule has 0 radical (unpaired) electrons. The number of nitrogen functional groups attached to an aromatic ring is 1. The Morgan fingerprint density at radius 2 is 1.72 bits per heavy atom. The Bertz CT molecular complexity index is 989. The number of nitrogens with two attached hydrogens (primary N) is 1. The first-order valence-corrected chi connectivity index (χ1v) is 10.6. The van der Waals surface area contributed by atoms with Crippen LogP contribution in [0, 0.1) is 0 Å². The molecule has 0 unspecified atom stereocenters. The van der Waals surface area contributed by atoms with Crippen molar-refractivity contribution in [1.29, 1.82) is 0 Å². The molecule has 1 amide bonds. The summed E-state index contributed by atoms with van der Waals surface area (Å²) in [4.78, 5) is 24.1. The highest BCUT2D eigenvalue weighted by Gasteiger charge is 2.21. The Kier molecular flexibility index (Phi) is 7.60. The molecule has 2 aromatic carbocycles. The fraction of sp³-hybridized carbons (Fsp3) is 0.263. The Morgan fingerprint density at radius 1 is 1.10 bits per heavy atom. The minimum atomic E-state index is -3.57. The van der Waals surface area contributed by atoms with Gasteiger partial charge in [0.2, 0.25) is 10.0 Å². The number of amides is 1. The molecule has 29 heavy (non-hydrogen) atoms. The van der Waals surface area contributed by atoms with Gasteiger partial charge in [-0.2, -0.15) is 4.31 Å². The van der Waals surface area contributed by atoms with E-state index >= 15 is 0 Å². The Labute approximate surface area is 174 Å². The number of nitrogens with zero attached hydrogens (tertiary/aromatic N) is 1. The predicted octanol–water partition coefficient (Wildman–Crippen LogP) is 2.75. The summed E-state index contributed by atoms with van der Waals surface area (Å²) in [5.41, 5.74) is 6.41. The van der Waals surface area contributed by atoms with Crippen LogP contribution in [0.2, 0.25) is 5.02 Å². The number of hydrogen-bond acceptors (Lipinski definition) is 6. The lowest BCUT2D eigenvalue weighted by atomic mass is 10.2. The highest BCUT2D eigenvalue weighted by molar-refractivity contribution is 7.89. The first-order chi connectivity index (χ1) is 13.7. The van der Waals surface area contributed by atoms with Crippen LogP contribution in [0.15, 0.2) is 47.4 Å². The van der Waals surface area contributed by atoms with Gasteiger partial charge in [-0.25, -0.2) is 13.2 Å². The van der Waals surface area contributed by atoms with Crippen molar-refractivity contribution in [3.05, 3.63) is 53.1 Å². The molecule has 0 aromatic heterocycles. The van der Waals surface area contributed by atoms with Gasteiger partial charge in [-0.05, 0) is 42.5 Å². The number of nitrogens with one attached hydrogen (secondary N) is 1. The minimum Gasteiger partial charge on any atom is -0.452 e. The van der Waals surface area contributed by atoms with Gasteiger partial charge in [0.05, 0.1) is 21.2 Å². The first kappa shape index (κ1) is 22.7. The molecular formula is C19H22ClN3O5S. The van der Waals surface area contributed by atoms with Crippen molar-refractivity contribution in [3.8, 4) is 0 Å². The van der Waals surface area contributed by atoms with E-state index in [1.165, 1.54) is 46.8 Å². The van der Waals surface area contributed by atoms with E-state index in [-0.39, 0.29) is 16.1 Å². The van der Waals surface area contributed by atoms with Gasteiger partial charge in [0, 0.05) is 18.8 Å². The lowest BCUT2D eigenvalue weighted by molar-refractivity contribution is -0.119. The van der Waals surface area contributed by atoms with Gasteiger partial charge >= 0.3 is 5.97 Å². The number of ether oxygens (including phenoxy) is 1. The van der Waals surface area contributed by atoms with E-state index in [1.807, 2.05) is 0 Å². The maximum absolute atomic E-state index is 12.4. The predicted molar refractivity (Wildman–Crippen MR) is 111 cm³/mol. The van der Waals surface area contributed by atoms with Gasteiger partial charge in [-0.3, -0.25) is 4.79 Å². The zero-order valence-electron chi connectivity index (χ0n) is 16.0. The number of hydrogen-bond donors (Lipinski definition) is 2. The molecule has 0 spiro atoms. The topological polar surface area (TPSA) is 119 Å². The summed E-state index contributed by atoms with van der Waals surface area (Å²) in [5, 5.41) is 2.85. The lowest BCUT2D eigenvalue weighted by Gasteiger charge is -2.18. The number of benzene rings is 2. The van der Waals surface area contributed by atoms with E-state index in [4.69, 9.17) is 22.1 Å². The van der Waals surface area contributed by atoms with Gasteiger partial charge in [0.15, 0.2) is 6.61 Å². The molecule has 0 aliphatic heterocycles. The molecule has 3 N–H and O–H groups in total. The van der Waals surface area contributed by atoms with Gasteiger partial charge < -0.3 is 15.8 Å². The van der Waals surface area contributed by atoms with Gasteiger partial charge in [0.25, 0.3) is 5.91 Å². The zero-order valence-corrected chi connectivity index (χ0v) is 17.6. The molecule has 0 fully saturated rings. The second-order valence-electron chi connectivity index (χ2n) is 5.97. The van der Waals surface area contributed by atoms with Crippen molar-refractivity contribution in [1.82, 2.24) is 4.31 Å². The van der Waals surface area contributed by atoms with Crippen LogP contribution in [-0.2, 0) is 19.6 Å². The molecule has 2 rings (SSSR count). The first-order valence-electron chi connectivity index (χ1n) is 8.81. The molecule has 0 aliphatic carbocycles. The maximum atomic E-state index is 12.4. The molecule has 0 atom stereocenters. The van der Waals surface area contributed by atoms with Crippen molar-refractivity contribution in [2.24, 2.45) is 0 Å². The fourth-order valence-corrected chi connectivity index (χ4v) is 4.08. The van der Waals surface area contributed by atoms with E-state index in [1.54, 1.807) is 13.8 Å². The Balaban J connectivity index is 1.95. The van der Waals surface area contributed by atoms with Crippen molar-refractivity contribution >= 4 is 44.9 Å². The number of halogens is 1. The number of carbonyl (C=O) groups excluding carboxylic acids is 2. The van der Waals surface area contributed by atoms with Gasteiger partial charge in [-0.1, -0.05) is 25.4 Å². The minimum absolute atomic E-state index is 0.131. The summed E-state index contributed by atoms with van der Waals surface area (Å²) in [6, 6.07) is 10.0. The normalized spacial score (nSPS) is 11.3. The largest absolute Gasteiger partial charge is 0.452 e. The monoisotopic (exact) mass is 439 g/mol. The standard InChI is InChI=1S/C19H22ClN3O5S/c1-3-23(4-2)29(26,27)15-8-6-14(7-9-15)22-18(24)12-28-19(25)13-5-10-16(20)17(21)11-13/h5-11H,3-4,12,21H2,1-2H3,(H,22,24). The molecule has 0 bridgehead atoms. The summed E-state index contributed by atoms with van der Waals surface area (Å²) in [7, 11) is -3.57. The quantitative estimate of drug-likeness (QED) is 0.482. The van der Waals surface area contributed by atoms with Crippen LogP contribution in [0.25, 0.3) is 0 Å². The molecule has 0 aliphatic rings. The SMILES string of the molecule is CCN(CC)S(=O)(=O)c1ccc(NC(=O)COC(=O)c2ccc(Cl)c(N)c2)cc1. The van der Waals surface area contributed by atoms with Crippen LogP contribution < -0.4 is 11.1 Å². The van der Waals surface area contributed by atoms with Gasteiger partial charge in [0.1, 0.15) is 0 Å². The fourth-order valence-electron chi connectivity index (χ4n) is 2.51. The Morgan fingerprint density at radius 3 is 2.28 bits per heavy atom. The summed E-state index contributed by atoms with van der Waals surface area (Å²) < 4.78 is 31.2. The molecule has 0 saturated carbocycles. The second-order valence-corrected chi connectivity index (χ2v) is 8.32. The van der Waals surface area contributed by atoms with E-state index in [0.717, 1.165) is 0 Å². The maximum Gasteiger partial charge on any atom is 0.338 e. The highest BCUT2D eigenvalue weighted by Crippen LogP contribution is 2.20. The smallest absolute Gasteiger partial charge is 0.338 e. The zero-order chi connectivity index (χ0) is 21.6. The Hall–Kier alpha value is -2.62. The third-order valence-electron chi connectivity index (χ3n) is 4.05. The van der Waals surface area contributed by atoms with Crippen LogP contribution >= 0.6 is 11.6 Å². The number of sulfonamides is 1. The molecule has 8 nitrogen and oxygen atoms in total. The molecular weight excluding hydrogens is 418 g/mol. The number of anilines is 2. The molecule has 2 aromatic rings. The summed E-state index contributed by atoms with van der Waals surface area (Å²) in [6.07, 6.45) is 0. The highest BCUT2D eigenvalue weighted by atomic mass is 35.5. The molecule has 156 valence electrons. The van der Waals surface area contributed by atoms with E-state index in [2.05, 4.69) is 5.32 Å². The third kappa shape index (κ3) is 5.69. The van der Waals surface area contributed by atoms with Crippen molar-refractivity contribution < 1.29 is 22.7 Å². The van der Waals surface area contributed by atoms with Crippen molar-refractivity contribution in [2.45, 2.75) is 18.7 Å². The average Bonchev–Trinajstić information content (AvgIpc) is 2.69. The lowest BCUT2D eigenvalue weighted by Crippen LogP contribution is -2.30. The molecule has 0 saturated heterocycles. The number of carbonyl (C=O) groups is 2. The second kappa shape index (κ2) is 9.73. The van der Waals surface area contributed by atoms with Crippen LogP contribution in [0.1, 0.15) is 24.2 Å². The third-order valence-corrected chi connectivity index (χ3v) is 6.46. The number of rotatable bonds is 8. The summed E-state index contributed by atoms with van der Waals surface area (Å²) in [5.74, 6) is -1.29. The van der Waals surface area contributed by atoms with Crippen LogP contribution in [-0.4, -0.2) is 44.3 Å². The van der Waals surface area contributed by atoms with E-state index in [9.17, 15) is 18.0 Å². The summed E-state index contributed by atoms with van der Waals surface area (Å²) in [6.45, 7) is 3.73. The van der Waals surface area contributed by atoms with E-state index in [0.29, 0.717) is 23.8 Å². The summed E-state index contributed by atoms with van der Waals surface area (Å²) >= 11 is 5.79.